The highest BCUT2D eigenvalue weighted by atomic mass is 35.5. The van der Waals surface area contributed by atoms with Gasteiger partial charge in [-0.3, -0.25) is 14.9 Å². The summed E-state index contributed by atoms with van der Waals surface area (Å²) >= 11 is 8.13. The van der Waals surface area contributed by atoms with Gasteiger partial charge in [-0.25, -0.2) is 0 Å². The lowest BCUT2D eigenvalue weighted by Crippen LogP contribution is -2.39. The molecule has 1 heterocycles. The third-order valence-corrected chi connectivity index (χ3v) is 7.24. The van der Waals surface area contributed by atoms with E-state index in [-0.39, 0.29) is 6.42 Å². The van der Waals surface area contributed by atoms with Crippen molar-refractivity contribution in [2.45, 2.75) is 31.8 Å². The van der Waals surface area contributed by atoms with Gasteiger partial charge in [0, 0.05) is 23.9 Å². The van der Waals surface area contributed by atoms with Crippen molar-refractivity contribution in [2.75, 3.05) is 18.5 Å². The van der Waals surface area contributed by atoms with Crippen molar-refractivity contribution in [1.29, 1.82) is 0 Å². The molecular weight excluding hydrogens is 542 g/mol. The highest BCUT2D eigenvalue weighted by molar-refractivity contribution is 7.13. The van der Waals surface area contributed by atoms with Gasteiger partial charge in [0.25, 0.3) is 0 Å². The lowest BCUT2D eigenvalue weighted by atomic mass is 10.0. The number of aliphatic hydroxyl groups excluding tert-OH is 1. The summed E-state index contributed by atoms with van der Waals surface area (Å²) in [6, 6.07) is 18.0. The molecule has 204 valence electrons. The zero-order valence-corrected chi connectivity index (χ0v) is 22.5. The van der Waals surface area contributed by atoms with E-state index < -0.39 is 24.6 Å². The van der Waals surface area contributed by atoms with E-state index in [1.807, 2.05) is 60.7 Å². The number of rotatable bonds is 14. The first-order valence-corrected chi connectivity index (χ1v) is 13.5. The molecule has 1 atom stereocenters. The van der Waals surface area contributed by atoms with Crippen LogP contribution in [-0.2, 0) is 16.1 Å². The number of aromatic nitrogens is 1. The van der Waals surface area contributed by atoms with E-state index in [4.69, 9.17) is 26.6 Å². The Kier molecular flexibility index (Phi) is 9.72. The maximum Gasteiger partial charge on any atom is 0.323 e. The Morgan fingerprint density at radius 2 is 1.87 bits per heavy atom. The van der Waals surface area contributed by atoms with Crippen molar-refractivity contribution >= 4 is 56.7 Å². The smallest absolute Gasteiger partial charge is 0.323 e. The SMILES string of the molecule is O=C(O)CCCCOc1cccc(-c2cccc(Nc3nsc4cc(CN[C@@H](CO)C(=O)O)ccc34)c2Cl)c1. The molecule has 0 aliphatic rings. The summed E-state index contributed by atoms with van der Waals surface area (Å²) in [4.78, 5) is 21.8. The number of ether oxygens (including phenoxy) is 1. The molecule has 0 bridgehead atoms. The fourth-order valence-electron chi connectivity index (χ4n) is 3.95. The molecule has 0 aliphatic carbocycles. The van der Waals surface area contributed by atoms with Crippen molar-refractivity contribution in [3.8, 4) is 16.9 Å². The van der Waals surface area contributed by atoms with Gasteiger partial charge in [-0.2, -0.15) is 4.37 Å². The number of nitrogens with one attached hydrogen (secondary N) is 2. The normalized spacial score (nSPS) is 11.8. The molecule has 1 aromatic heterocycles. The molecule has 11 heteroatoms. The van der Waals surface area contributed by atoms with Crippen LogP contribution in [0.15, 0.2) is 60.7 Å². The topological polar surface area (TPSA) is 141 Å². The number of benzene rings is 3. The molecule has 0 spiro atoms. The number of carbonyl (C=O) groups is 2. The summed E-state index contributed by atoms with van der Waals surface area (Å²) in [6.45, 7) is 0.243. The first-order chi connectivity index (χ1) is 18.9. The van der Waals surface area contributed by atoms with E-state index in [0.717, 1.165) is 26.8 Å². The lowest BCUT2D eigenvalue weighted by Gasteiger charge is -2.13. The van der Waals surface area contributed by atoms with Gasteiger partial charge < -0.3 is 25.4 Å². The molecule has 0 saturated heterocycles. The van der Waals surface area contributed by atoms with Crippen LogP contribution in [0, 0.1) is 0 Å². The van der Waals surface area contributed by atoms with Gasteiger partial charge in [-0.05, 0) is 65.8 Å². The molecule has 5 N–H and O–H groups in total. The van der Waals surface area contributed by atoms with Crippen LogP contribution in [0.3, 0.4) is 0 Å². The average Bonchev–Trinajstić information content (AvgIpc) is 3.31. The molecule has 4 aromatic rings. The van der Waals surface area contributed by atoms with Gasteiger partial charge >= 0.3 is 11.9 Å². The summed E-state index contributed by atoms with van der Waals surface area (Å²) in [7, 11) is 0. The molecule has 9 nitrogen and oxygen atoms in total. The van der Waals surface area contributed by atoms with E-state index in [1.54, 1.807) is 0 Å². The molecule has 3 aromatic carbocycles. The monoisotopic (exact) mass is 569 g/mol. The van der Waals surface area contributed by atoms with E-state index in [2.05, 4.69) is 15.0 Å². The van der Waals surface area contributed by atoms with E-state index in [1.165, 1.54) is 11.5 Å². The number of halogens is 1. The van der Waals surface area contributed by atoms with Gasteiger partial charge in [-0.15, -0.1) is 0 Å². The Morgan fingerprint density at radius 3 is 2.64 bits per heavy atom. The highest BCUT2D eigenvalue weighted by Crippen LogP contribution is 2.38. The van der Waals surface area contributed by atoms with E-state index in [9.17, 15) is 14.7 Å². The maximum absolute atomic E-state index is 11.1. The van der Waals surface area contributed by atoms with Crippen LogP contribution in [0.25, 0.3) is 21.2 Å². The van der Waals surface area contributed by atoms with Crippen LogP contribution in [0.1, 0.15) is 24.8 Å². The first-order valence-electron chi connectivity index (χ1n) is 12.3. The second-order valence-corrected chi connectivity index (χ2v) is 10.0. The van der Waals surface area contributed by atoms with Crippen LogP contribution in [0.2, 0.25) is 5.02 Å². The number of anilines is 2. The molecule has 0 amide bonds. The molecule has 0 saturated carbocycles. The fraction of sp³-hybridized carbons (Fsp3) is 0.250. The van der Waals surface area contributed by atoms with Crippen LogP contribution in [-0.4, -0.2) is 50.9 Å². The summed E-state index contributed by atoms with van der Waals surface area (Å²) in [5, 5.41) is 34.6. The predicted molar refractivity (Wildman–Crippen MR) is 152 cm³/mol. The number of fused-ring (bicyclic) bond motifs is 1. The number of unbranched alkanes of at least 4 members (excludes halogenated alkanes) is 1. The fourth-order valence-corrected chi connectivity index (χ4v) is 5.04. The second kappa shape index (κ2) is 13.4. The number of carboxylic acid groups (broad SMARTS) is 2. The molecule has 0 unspecified atom stereocenters. The molecule has 0 fully saturated rings. The largest absolute Gasteiger partial charge is 0.494 e. The molecular formula is C28H28ClN3O6S. The summed E-state index contributed by atoms with van der Waals surface area (Å²) in [5.74, 6) is -0.570. The number of carboxylic acids is 2. The first kappa shape index (κ1) is 28.3. The number of hydrogen-bond donors (Lipinski definition) is 5. The number of aliphatic hydroxyl groups is 1. The zero-order chi connectivity index (χ0) is 27.8. The Hall–Kier alpha value is -3.70. The van der Waals surface area contributed by atoms with Gasteiger partial charge in [0.15, 0.2) is 5.82 Å². The van der Waals surface area contributed by atoms with E-state index >= 15 is 0 Å². The van der Waals surface area contributed by atoms with Crippen molar-refractivity contribution in [2.24, 2.45) is 0 Å². The lowest BCUT2D eigenvalue weighted by molar-refractivity contribution is -0.140. The second-order valence-electron chi connectivity index (χ2n) is 8.84. The highest BCUT2D eigenvalue weighted by Gasteiger charge is 2.16. The van der Waals surface area contributed by atoms with Crippen molar-refractivity contribution in [3.63, 3.8) is 0 Å². The van der Waals surface area contributed by atoms with Gasteiger partial charge in [0.2, 0.25) is 0 Å². The molecule has 0 aliphatic heterocycles. The number of aliphatic carboxylic acids is 2. The van der Waals surface area contributed by atoms with Gasteiger partial charge in [0.1, 0.15) is 11.8 Å². The Balaban J connectivity index is 1.46. The Bertz CT molecular complexity index is 1460. The van der Waals surface area contributed by atoms with Crippen molar-refractivity contribution in [3.05, 3.63) is 71.2 Å². The third kappa shape index (κ3) is 7.45. The number of nitrogens with zero attached hydrogens (tertiary/aromatic N) is 1. The minimum absolute atomic E-state index is 0.128. The van der Waals surface area contributed by atoms with Crippen LogP contribution < -0.4 is 15.4 Å². The van der Waals surface area contributed by atoms with Crippen LogP contribution >= 0.6 is 23.1 Å². The Morgan fingerprint density at radius 1 is 1.05 bits per heavy atom. The van der Waals surface area contributed by atoms with E-state index in [0.29, 0.717) is 48.3 Å². The minimum Gasteiger partial charge on any atom is -0.494 e. The Labute approximate surface area is 234 Å². The van der Waals surface area contributed by atoms with Crippen molar-refractivity contribution < 1.29 is 29.6 Å². The average molecular weight is 570 g/mol. The maximum atomic E-state index is 11.1. The summed E-state index contributed by atoms with van der Waals surface area (Å²) in [6.07, 6.45) is 1.35. The minimum atomic E-state index is -1.10. The standard InChI is InChI=1S/C28H28ClN3O6S/c29-26-20(18-5-3-6-19(14-18)38-12-2-1-9-25(34)35)7-4-8-22(26)31-27-21-11-10-17(13-24(21)39-32-27)15-30-23(16-33)28(36)37/h3-8,10-11,13-14,23,30,33H,1-2,9,12,15-16H2,(H,31,32)(H,34,35)(H,36,37)/t23-/m0/s1. The quantitative estimate of drug-likeness (QED) is 0.124. The van der Waals surface area contributed by atoms with Gasteiger partial charge in [0.05, 0.1) is 28.6 Å². The number of hydrogen-bond acceptors (Lipinski definition) is 8. The third-order valence-electron chi connectivity index (χ3n) is 6.02. The summed E-state index contributed by atoms with van der Waals surface area (Å²) in [5.41, 5.74) is 3.28. The molecule has 0 radical (unpaired) electrons. The molecule has 39 heavy (non-hydrogen) atoms. The van der Waals surface area contributed by atoms with Crippen LogP contribution in [0.4, 0.5) is 11.5 Å². The predicted octanol–water partition coefficient (Wildman–Crippen LogP) is 5.53. The van der Waals surface area contributed by atoms with Gasteiger partial charge in [-0.1, -0.05) is 41.9 Å². The summed E-state index contributed by atoms with van der Waals surface area (Å²) < 4.78 is 11.3. The zero-order valence-electron chi connectivity index (χ0n) is 20.9. The van der Waals surface area contributed by atoms with Crippen LogP contribution in [0.5, 0.6) is 5.75 Å². The molecule has 4 rings (SSSR count). The van der Waals surface area contributed by atoms with Crippen molar-refractivity contribution in [1.82, 2.24) is 9.69 Å².